The summed E-state index contributed by atoms with van der Waals surface area (Å²) in [6.07, 6.45) is 0. The van der Waals surface area contributed by atoms with Crippen molar-refractivity contribution < 1.29 is 9.53 Å². The molecule has 1 atom stereocenters. The zero-order chi connectivity index (χ0) is 21.3. The van der Waals surface area contributed by atoms with Gasteiger partial charge >= 0.3 is 0 Å². The Kier molecular flexibility index (Phi) is 7.04. The van der Waals surface area contributed by atoms with Crippen molar-refractivity contribution in [2.75, 3.05) is 5.32 Å². The molecule has 0 aromatic heterocycles. The van der Waals surface area contributed by atoms with Crippen LogP contribution in [0.3, 0.4) is 0 Å². The van der Waals surface area contributed by atoms with Crippen LogP contribution in [0.5, 0.6) is 5.75 Å². The topological polar surface area (TPSA) is 38.3 Å². The number of benzene rings is 4. The molecule has 0 aliphatic rings. The van der Waals surface area contributed by atoms with Crippen molar-refractivity contribution in [3.8, 4) is 5.75 Å². The van der Waals surface area contributed by atoms with Crippen molar-refractivity contribution >= 4 is 23.4 Å². The van der Waals surface area contributed by atoms with Crippen LogP contribution >= 0.6 is 11.8 Å². The van der Waals surface area contributed by atoms with E-state index in [1.54, 1.807) is 11.8 Å². The molecule has 0 bridgehead atoms. The van der Waals surface area contributed by atoms with Crippen LogP contribution in [0.25, 0.3) is 0 Å². The van der Waals surface area contributed by atoms with Gasteiger partial charge < -0.3 is 10.1 Å². The molecular formula is C27H23NO2S. The summed E-state index contributed by atoms with van der Waals surface area (Å²) in [6.45, 7) is 0.510. The lowest BCUT2D eigenvalue weighted by molar-refractivity contribution is -0.115. The number of anilines is 1. The summed E-state index contributed by atoms with van der Waals surface area (Å²) >= 11 is 1.54. The Labute approximate surface area is 187 Å². The summed E-state index contributed by atoms with van der Waals surface area (Å²) < 4.78 is 5.83. The molecule has 4 aromatic carbocycles. The van der Waals surface area contributed by atoms with E-state index < -0.39 is 0 Å². The predicted octanol–water partition coefficient (Wildman–Crippen LogP) is 6.74. The SMILES string of the molecule is O=C(Nc1ccc(OCc2ccccc2)cc1)C(Sc1ccccc1)c1ccccc1. The van der Waals surface area contributed by atoms with Gasteiger partial charge in [-0.05, 0) is 47.5 Å². The number of carbonyl (C=O) groups is 1. The van der Waals surface area contributed by atoms with Crippen LogP contribution in [0.4, 0.5) is 5.69 Å². The first-order chi connectivity index (χ1) is 15.3. The maximum atomic E-state index is 13.1. The normalized spacial score (nSPS) is 11.5. The zero-order valence-corrected chi connectivity index (χ0v) is 17.8. The summed E-state index contributed by atoms with van der Waals surface area (Å²) in [6, 6.07) is 37.4. The van der Waals surface area contributed by atoms with E-state index in [1.807, 2.05) is 115 Å². The second-order valence-electron chi connectivity index (χ2n) is 7.01. The van der Waals surface area contributed by atoms with Crippen LogP contribution in [0.2, 0.25) is 0 Å². The molecule has 31 heavy (non-hydrogen) atoms. The fourth-order valence-electron chi connectivity index (χ4n) is 3.12. The van der Waals surface area contributed by atoms with Crippen LogP contribution in [-0.2, 0) is 11.4 Å². The molecule has 3 nitrogen and oxygen atoms in total. The quantitative estimate of drug-likeness (QED) is 0.318. The number of thioether (sulfide) groups is 1. The Morgan fingerprint density at radius 1 is 0.742 bits per heavy atom. The van der Waals surface area contributed by atoms with E-state index >= 15 is 0 Å². The van der Waals surface area contributed by atoms with Gasteiger partial charge in [-0.2, -0.15) is 0 Å². The number of carbonyl (C=O) groups excluding carboxylic acids is 1. The van der Waals surface area contributed by atoms with E-state index in [4.69, 9.17) is 4.74 Å². The average Bonchev–Trinajstić information content (AvgIpc) is 2.84. The first-order valence-corrected chi connectivity index (χ1v) is 11.0. The number of ether oxygens (including phenoxy) is 1. The van der Waals surface area contributed by atoms with Crippen molar-refractivity contribution in [2.24, 2.45) is 0 Å². The molecule has 0 saturated heterocycles. The van der Waals surface area contributed by atoms with Gasteiger partial charge in [0.1, 0.15) is 17.6 Å². The fourth-order valence-corrected chi connectivity index (χ4v) is 4.16. The third-order valence-corrected chi connectivity index (χ3v) is 5.97. The molecule has 1 unspecified atom stereocenters. The molecule has 4 heteroatoms. The molecule has 1 amide bonds. The second-order valence-corrected chi connectivity index (χ2v) is 8.19. The van der Waals surface area contributed by atoms with E-state index in [9.17, 15) is 4.79 Å². The summed E-state index contributed by atoms with van der Waals surface area (Å²) in [5.74, 6) is 0.707. The molecule has 4 aromatic rings. The third kappa shape index (κ3) is 6.00. The van der Waals surface area contributed by atoms with Gasteiger partial charge in [0.25, 0.3) is 0 Å². The number of nitrogens with one attached hydrogen (secondary N) is 1. The van der Waals surface area contributed by atoms with Crippen molar-refractivity contribution in [2.45, 2.75) is 16.8 Å². The Bertz CT molecular complexity index is 1080. The average molecular weight is 426 g/mol. The molecule has 0 saturated carbocycles. The van der Waals surface area contributed by atoms with Crippen LogP contribution in [0.1, 0.15) is 16.4 Å². The second kappa shape index (κ2) is 10.5. The largest absolute Gasteiger partial charge is 0.489 e. The van der Waals surface area contributed by atoms with Gasteiger partial charge in [-0.15, -0.1) is 11.8 Å². The highest BCUT2D eigenvalue weighted by Gasteiger charge is 2.22. The van der Waals surface area contributed by atoms with E-state index in [2.05, 4.69) is 5.32 Å². The first-order valence-electron chi connectivity index (χ1n) is 10.1. The third-order valence-electron chi connectivity index (χ3n) is 4.71. The Morgan fingerprint density at radius 2 is 1.32 bits per heavy atom. The fraction of sp³-hybridized carbons (Fsp3) is 0.0741. The summed E-state index contributed by atoms with van der Waals surface area (Å²) in [5.41, 5.74) is 2.83. The van der Waals surface area contributed by atoms with Gasteiger partial charge in [0.05, 0.1) is 0 Å². The summed E-state index contributed by atoms with van der Waals surface area (Å²) in [5, 5.41) is 2.70. The minimum absolute atomic E-state index is 0.0574. The van der Waals surface area contributed by atoms with E-state index in [1.165, 1.54) is 0 Å². The van der Waals surface area contributed by atoms with Crippen LogP contribution in [0.15, 0.2) is 120 Å². The van der Waals surface area contributed by atoms with Gasteiger partial charge in [0.15, 0.2) is 0 Å². The minimum Gasteiger partial charge on any atom is -0.489 e. The lowest BCUT2D eigenvalue weighted by atomic mass is 10.1. The van der Waals surface area contributed by atoms with Gasteiger partial charge in [-0.1, -0.05) is 78.9 Å². The lowest BCUT2D eigenvalue weighted by Crippen LogP contribution is -2.19. The lowest BCUT2D eigenvalue weighted by Gasteiger charge is -2.17. The summed E-state index contributed by atoms with van der Waals surface area (Å²) in [7, 11) is 0. The number of hydrogen-bond acceptors (Lipinski definition) is 3. The number of amides is 1. The molecule has 1 N–H and O–H groups in total. The minimum atomic E-state index is -0.349. The van der Waals surface area contributed by atoms with E-state index in [-0.39, 0.29) is 11.2 Å². The van der Waals surface area contributed by atoms with Crippen molar-refractivity contribution in [3.05, 3.63) is 126 Å². The summed E-state index contributed by atoms with van der Waals surface area (Å²) in [4.78, 5) is 14.2. The van der Waals surface area contributed by atoms with Crippen molar-refractivity contribution in [3.63, 3.8) is 0 Å². The Balaban J connectivity index is 1.43. The molecule has 0 aliphatic carbocycles. The van der Waals surface area contributed by atoms with Gasteiger partial charge in [0.2, 0.25) is 5.91 Å². The van der Waals surface area contributed by atoms with Crippen molar-refractivity contribution in [1.29, 1.82) is 0 Å². The molecule has 0 fully saturated rings. The van der Waals surface area contributed by atoms with Crippen molar-refractivity contribution in [1.82, 2.24) is 0 Å². The molecule has 0 spiro atoms. The smallest absolute Gasteiger partial charge is 0.242 e. The highest BCUT2D eigenvalue weighted by atomic mass is 32.2. The first kappa shape index (κ1) is 20.8. The molecular weight excluding hydrogens is 402 g/mol. The highest BCUT2D eigenvalue weighted by Crippen LogP contribution is 2.36. The van der Waals surface area contributed by atoms with Crippen LogP contribution < -0.4 is 10.1 Å². The van der Waals surface area contributed by atoms with E-state index in [0.717, 1.165) is 27.5 Å². The van der Waals surface area contributed by atoms with E-state index in [0.29, 0.717) is 6.61 Å². The van der Waals surface area contributed by atoms with Gasteiger partial charge in [-0.25, -0.2) is 0 Å². The molecule has 4 rings (SSSR count). The highest BCUT2D eigenvalue weighted by molar-refractivity contribution is 8.00. The Hall–Kier alpha value is -3.50. The molecule has 0 aliphatic heterocycles. The number of hydrogen-bond donors (Lipinski definition) is 1. The predicted molar refractivity (Wildman–Crippen MR) is 127 cm³/mol. The Morgan fingerprint density at radius 3 is 1.97 bits per heavy atom. The molecule has 154 valence electrons. The van der Waals surface area contributed by atoms with Gasteiger partial charge in [0, 0.05) is 10.6 Å². The standard InChI is InChI=1S/C27H23NO2S/c29-27(26(22-12-6-2-7-13-22)31-25-14-8-3-9-15-25)28-23-16-18-24(19-17-23)30-20-21-10-4-1-5-11-21/h1-19,26H,20H2,(H,28,29). The zero-order valence-electron chi connectivity index (χ0n) is 17.0. The maximum Gasteiger partial charge on any atom is 0.242 e. The van der Waals surface area contributed by atoms with Gasteiger partial charge in [-0.3, -0.25) is 4.79 Å². The maximum absolute atomic E-state index is 13.1. The molecule has 0 heterocycles. The monoisotopic (exact) mass is 425 g/mol. The van der Waals surface area contributed by atoms with Crippen LogP contribution in [0, 0.1) is 0 Å². The van der Waals surface area contributed by atoms with Crippen LogP contribution in [-0.4, -0.2) is 5.91 Å². The number of rotatable bonds is 8. The molecule has 0 radical (unpaired) electrons.